The lowest BCUT2D eigenvalue weighted by atomic mass is 10.0. The van der Waals surface area contributed by atoms with Crippen molar-refractivity contribution in [1.29, 1.82) is 0 Å². The van der Waals surface area contributed by atoms with Gasteiger partial charge >= 0.3 is 0 Å². The number of hydrogen-bond acceptors (Lipinski definition) is 5. The van der Waals surface area contributed by atoms with Gasteiger partial charge in [0, 0.05) is 30.3 Å². The highest BCUT2D eigenvalue weighted by Crippen LogP contribution is 2.33. The molecule has 190 valence electrons. The first kappa shape index (κ1) is 24.4. The summed E-state index contributed by atoms with van der Waals surface area (Å²) in [5, 5.41) is 2.97. The molecule has 3 aromatic rings. The van der Waals surface area contributed by atoms with Crippen molar-refractivity contribution >= 4 is 23.4 Å². The Kier molecular flexibility index (Phi) is 6.81. The van der Waals surface area contributed by atoms with Crippen molar-refractivity contribution in [1.82, 2.24) is 10.2 Å². The van der Waals surface area contributed by atoms with Gasteiger partial charge in [0.05, 0.1) is 32.0 Å². The van der Waals surface area contributed by atoms with E-state index in [1.54, 1.807) is 54.4 Å². The molecule has 1 saturated heterocycles. The summed E-state index contributed by atoms with van der Waals surface area (Å²) in [5.74, 6) is 0.787. The minimum atomic E-state index is -0.483. The molecule has 8 nitrogen and oxygen atoms in total. The molecule has 3 amide bonds. The molecule has 8 heteroatoms. The number of carbonyl (C=O) groups excluding carboxylic acids is 3. The second kappa shape index (κ2) is 10.3. The molecule has 37 heavy (non-hydrogen) atoms. The molecule has 1 unspecified atom stereocenters. The van der Waals surface area contributed by atoms with Crippen molar-refractivity contribution in [2.75, 3.05) is 25.7 Å². The molecule has 1 atom stereocenters. The van der Waals surface area contributed by atoms with Crippen LogP contribution < -0.4 is 19.7 Å². The highest BCUT2D eigenvalue weighted by atomic mass is 16.5. The zero-order valence-electron chi connectivity index (χ0n) is 20.9. The maximum atomic E-state index is 13.7. The van der Waals surface area contributed by atoms with Crippen molar-refractivity contribution in [3.05, 3.63) is 89.0 Å². The average Bonchev–Trinajstić information content (AvgIpc) is 3.41. The van der Waals surface area contributed by atoms with Crippen LogP contribution in [-0.2, 0) is 17.9 Å². The second-order valence-corrected chi connectivity index (χ2v) is 9.12. The number of benzene rings is 3. The summed E-state index contributed by atoms with van der Waals surface area (Å²) in [6.45, 7) is 1.02. The average molecular weight is 500 g/mol. The predicted molar refractivity (Wildman–Crippen MR) is 139 cm³/mol. The number of anilines is 1. The van der Waals surface area contributed by atoms with E-state index in [1.165, 1.54) is 0 Å². The second-order valence-electron chi connectivity index (χ2n) is 9.12. The molecule has 0 bridgehead atoms. The van der Waals surface area contributed by atoms with Crippen LogP contribution in [0.1, 0.15) is 44.7 Å². The Balaban J connectivity index is 1.41. The summed E-state index contributed by atoms with van der Waals surface area (Å²) in [4.78, 5) is 43.5. The predicted octanol–water partition coefficient (Wildman–Crippen LogP) is 3.79. The van der Waals surface area contributed by atoms with E-state index in [-0.39, 0.29) is 30.8 Å². The lowest BCUT2D eigenvalue weighted by molar-refractivity contribution is -0.122. The lowest BCUT2D eigenvalue weighted by Gasteiger charge is -2.26. The molecule has 0 aliphatic carbocycles. The maximum Gasteiger partial charge on any atom is 0.256 e. The third-order valence-corrected chi connectivity index (χ3v) is 7.01. The molecule has 1 fully saturated rings. The Morgan fingerprint density at radius 3 is 2.57 bits per heavy atom. The molecule has 5 rings (SSSR count). The van der Waals surface area contributed by atoms with Crippen LogP contribution in [0, 0.1) is 0 Å². The summed E-state index contributed by atoms with van der Waals surface area (Å²) >= 11 is 0. The Morgan fingerprint density at radius 2 is 1.76 bits per heavy atom. The fourth-order valence-corrected chi connectivity index (χ4v) is 5.09. The Morgan fingerprint density at radius 1 is 0.973 bits per heavy atom. The van der Waals surface area contributed by atoms with Gasteiger partial charge in [-0.2, -0.15) is 0 Å². The fraction of sp³-hybridized carbons (Fsp3) is 0.276. The number of nitrogens with zero attached hydrogens (tertiary/aromatic N) is 2. The molecule has 1 N–H and O–H groups in total. The highest BCUT2D eigenvalue weighted by molar-refractivity contribution is 6.11. The standard InChI is InChI=1S/C29H29N3O5/c1-36-21-14-13-19(26(16-21)37-2)17-30-27(33)22-9-4-3-8-20(22)18-32-24-11-6-5-10-23(24)28(34)31-15-7-12-25(31)29(32)35/h3-6,8-11,13-14,16,25H,7,12,15,17-18H2,1-2H3,(H,30,33). The van der Waals surface area contributed by atoms with E-state index in [9.17, 15) is 14.4 Å². The van der Waals surface area contributed by atoms with E-state index in [2.05, 4.69) is 5.32 Å². The van der Waals surface area contributed by atoms with Gasteiger partial charge in [0.2, 0.25) is 5.91 Å². The Labute approximate surface area is 215 Å². The summed E-state index contributed by atoms with van der Waals surface area (Å²) in [6, 6.07) is 19.4. The summed E-state index contributed by atoms with van der Waals surface area (Å²) < 4.78 is 10.7. The van der Waals surface area contributed by atoms with Crippen molar-refractivity contribution in [2.24, 2.45) is 0 Å². The number of para-hydroxylation sites is 1. The molecule has 2 heterocycles. The molecule has 0 aromatic heterocycles. The SMILES string of the molecule is COc1ccc(CNC(=O)c2ccccc2CN2C(=O)C3CCCN3C(=O)c3ccccc32)c(OC)c1. The van der Waals surface area contributed by atoms with Crippen molar-refractivity contribution < 1.29 is 23.9 Å². The van der Waals surface area contributed by atoms with Crippen LogP contribution in [0.4, 0.5) is 5.69 Å². The molecular weight excluding hydrogens is 470 g/mol. The molecule has 0 saturated carbocycles. The zero-order valence-corrected chi connectivity index (χ0v) is 20.9. The first-order valence-electron chi connectivity index (χ1n) is 12.3. The Bertz CT molecular complexity index is 1350. The smallest absolute Gasteiger partial charge is 0.256 e. The largest absolute Gasteiger partial charge is 0.497 e. The van der Waals surface area contributed by atoms with Crippen LogP contribution in [0.2, 0.25) is 0 Å². The number of methoxy groups -OCH3 is 2. The van der Waals surface area contributed by atoms with E-state index in [4.69, 9.17) is 9.47 Å². The maximum absolute atomic E-state index is 13.7. The Hall–Kier alpha value is -4.33. The first-order chi connectivity index (χ1) is 18.0. The minimum absolute atomic E-state index is 0.117. The topological polar surface area (TPSA) is 88.2 Å². The van der Waals surface area contributed by atoms with Gasteiger partial charge in [-0.05, 0) is 48.7 Å². The van der Waals surface area contributed by atoms with Crippen molar-refractivity contribution in [3.63, 3.8) is 0 Å². The van der Waals surface area contributed by atoms with E-state index >= 15 is 0 Å². The number of fused-ring (bicyclic) bond motifs is 2. The number of carbonyl (C=O) groups is 3. The van der Waals surface area contributed by atoms with Gasteiger partial charge < -0.3 is 24.6 Å². The van der Waals surface area contributed by atoms with Crippen molar-refractivity contribution in [2.45, 2.75) is 32.0 Å². The summed E-state index contributed by atoms with van der Waals surface area (Å²) in [7, 11) is 3.16. The normalized spacial score (nSPS) is 16.6. The molecule has 2 aliphatic rings. The molecule has 0 spiro atoms. The van der Waals surface area contributed by atoms with Crippen LogP contribution in [0.3, 0.4) is 0 Å². The molecular formula is C29H29N3O5. The van der Waals surface area contributed by atoms with Gasteiger partial charge in [0.25, 0.3) is 11.8 Å². The monoisotopic (exact) mass is 499 g/mol. The van der Waals surface area contributed by atoms with Crippen LogP contribution in [0.5, 0.6) is 11.5 Å². The van der Waals surface area contributed by atoms with Crippen LogP contribution in [0.15, 0.2) is 66.7 Å². The minimum Gasteiger partial charge on any atom is -0.497 e. The van der Waals surface area contributed by atoms with Gasteiger partial charge in [-0.25, -0.2) is 0 Å². The fourth-order valence-electron chi connectivity index (χ4n) is 5.09. The number of amides is 3. The number of rotatable bonds is 7. The van der Waals surface area contributed by atoms with E-state index in [1.807, 2.05) is 36.4 Å². The van der Waals surface area contributed by atoms with E-state index in [0.29, 0.717) is 46.8 Å². The molecule has 0 radical (unpaired) electrons. The number of nitrogens with one attached hydrogen (secondary N) is 1. The third kappa shape index (κ3) is 4.62. The van der Waals surface area contributed by atoms with Gasteiger partial charge in [-0.15, -0.1) is 0 Å². The van der Waals surface area contributed by atoms with Gasteiger partial charge in [-0.3, -0.25) is 14.4 Å². The lowest BCUT2D eigenvalue weighted by Crippen LogP contribution is -2.44. The van der Waals surface area contributed by atoms with Crippen LogP contribution >= 0.6 is 0 Å². The van der Waals surface area contributed by atoms with Crippen molar-refractivity contribution in [3.8, 4) is 11.5 Å². The quantitative estimate of drug-likeness (QED) is 0.535. The molecule has 2 aliphatic heterocycles. The first-order valence-corrected chi connectivity index (χ1v) is 12.3. The van der Waals surface area contributed by atoms with E-state index < -0.39 is 6.04 Å². The molecule has 3 aromatic carbocycles. The number of ether oxygens (including phenoxy) is 2. The van der Waals surface area contributed by atoms with Crippen LogP contribution in [-0.4, -0.2) is 49.4 Å². The van der Waals surface area contributed by atoms with Gasteiger partial charge in [0.15, 0.2) is 0 Å². The van der Waals surface area contributed by atoms with Gasteiger partial charge in [0.1, 0.15) is 17.5 Å². The van der Waals surface area contributed by atoms with E-state index in [0.717, 1.165) is 12.0 Å². The number of hydrogen-bond donors (Lipinski definition) is 1. The summed E-state index contributed by atoms with van der Waals surface area (Å²) in [5.41, 5.74) is 3.06. The summed E-state index contributed by atoms with van der Waals surface area (Å²) in [6.07, 6.45) is 1.44. The zero-order chi connectivity index (χ0) is 25.9. The van der Waals surface area contributed by atoms with Gasteiger partial charge in [-0.1, -0.05) is 30.3 Å². The highest BCUT2D eigenvalue weighted by Gasteiger charge is 2.42. The van der Waals surface area contributed by atoms with Crippen LogP contribution in [0.25, 0.3) is 0 Å². The third-order valence-electron chi connectivity index (χ3n) is 7.01.